The SMILES string of the molecule is C=CCn1c(=O)c2c(ncn2CC(=O)OCC)n(-c2ccccc2C)c1=O. The van der Waals surface area contributed by atoms with Crippen LogP contribution < -0.4 is 11.2 Å². The predicted octanol–water partition coefficient (Wildman–Crippen LogP) is 1.41. The number of fused-ring (bicyclic) bond motifs is 1. The van der Waals surface area contributed by atoms with Gasteiger partial charge >= 0.3 is 11.7 Å². The Balaban J connectivity index is 2.36. The molecule has 0 saturated carbocycles. The number of allylic oxidation sites excluding steroid dienone is 1. The molecule has 140 valence electrons. The molecule has 0 spiro atoms. The summed E-state index contributed by atoms with van der Waals surface area (Å²) in [5, 5.41) is 0. The molecule has 2 heterocycles. The Morgan fingerprint density at radius 3 is 2.70 bits per heavy atom. The highest BCUT2D eigenvalue weighted by molar-refractivity contribution is 5.76. The number of ether oxygens (including phenoxy) is 1. The number of rotatable bonds is 6. The van der Waals surface area contributed by atoms with E-state index in [0.717, 1.165) is 10.1 Å². The summed E-state index contributed by atoms with van der Waals surface area (Å²) in [5.41, 5.74) is 0.789. The maximum atomic E-state index is 13.0. The summed E-state index contributed by atoms with van der Waals surface area (Å²) in [6.45, 7) is 7.30. The lowest BCUT2D eigenvalue weighted by Crippen LogP contribution is -2.40. The number of imidazole rings is 1. The highest BCUT2D eigenvalue weighted by Crippen LogP contribution is 2.16. The van der Waals surface area contributed by atoms with E-state index in [-0.39, 0.29) is 30.9 Å². The molecule has 0 atom stereocenters. The van der Waals surface area contributed by atoms with E-state index < -0.39 is 17.2 Å². The van der Waals surface area contributed by atoms with Crippen molar-refractivity contribution < 1.29 is 9.53 Å². The normalized spacial score (nSPS) is 10.9. The van der Waals surface area contributed by atoms with Crippen LogP contribution in [-0.4, -0.2) is 31.3 Å². The molecule has 0 saturated heterocycles. The van der Waals surface area contributed by atoms with Crippen molar-refractivity contribution in [2.45, 2.75) is 26.9 Å². The lowest BCUT2D eigenvalue weighted by Gasteiger charge is -2.13. The Hall–Kier alpha value is -3.42. The summed E-state index contributed by atoms with van der Waals surface area (Å²) in [4.78, 5) is 42.1. The van der Waals surface area contributed by atoms with Crippen molar-refractivity contribution in [2.75, 3.05) is 6.61 Å². The van der Waals surface area contributed by atoms with E-state index in [2.05, 4.69) is 11.6 Å². The van der Waals surface area contributed by atoms with Crippen LogP contribution >= 0.6 is 0 Å². The van der Waals surface area contributed by atoms with E-state index in [4.69, 9.17) is 4.74 Å². The first-order valence-corrected chi connectivity index (χ1v) is 8.52. The number of nitrogens with zero attached hydrogens (tertiary/aromatic N) is 4. The van der Waals surface area contributed by atoms with Gasteiger partial charge < -0.3 is 9.30 Å². The quantitative estimate of drug-likeness (QED) is 0.485. The summed E-state index contributed by atoms with van der Waals surface area (Å²) < 4.78 is 8.83. The Morgan fingerprint density at radius 1 is 1.30 bits per heavy atom. The molecule has 2 aromatic heterocycles. The summed E-state index contributed by atoms with van der Waals surface area (Å²) in [5.74, 6) is -0.486. The van der Waals surface area contributed by atoms with E-state index in [1.165, 1.54) is 21.5 Å². The molecule has 0 unspecified atom stereocenters. The minimum absolute atomic E-state index is 0.0457. The second-order valence-electron chi connectivity index (χ2n) is 5.96. The first-order valence-electron chi connectivity index (χ1n) is 8.52. The maximum absolute atomic E-state index is 13.0. The van der Waals surface area contributed by atoms with Gasteiger partial charge in [0.2, 0.25) is 0 Å². The molecule has 3 rings (SSSR count). The number of aromatic nitrogens is 4. The van der Waals surface area contributed by atoms with Gasteiger partial charge in [0.15, 0.2) is 11.2 Å². The zero-order valence-electron chi connectivity index (χ0n) is 15.2. The zero-order chi connectivity index (χ0) is 19.6. The van der Waals surface area contributed by atoms with Gasteiger partial charge in [-0.3, -0.25) is 14.2 Å². The van der Waals surface area contributed by atoms with Gasteiger partial charge in [-0.15, -0.1) is 6.58 Å². The van der Waals surface area contributed by atoms with Crippen LogP contribution in [-0.2, 0) is 22.6 Å². The molecule has 0 bridgehead atoms. The van der Waals surface area contributed by atoms with Crippen LogP contribution in [0.3, 0.4) is 0 Å². The molecule has 0 N–H and O–H groups in total. The zero-order valence-corrected chi connectivity index (χ0v) is 15.2. The molecule has 8 heteroatoms. The number of esters is 1. The van der Waals surface area contributed by atoms with Crippen LogP contribution in [0.5, 0.6) is 0 Å². The third-order valence-corrected chi connectivity index (χ3v) is 4.17. The van der Waals surface area contributed by atoms with Crippen molar-refractivity contribution in [2.24, 2.45) is 0 Å². The summed E-state index contributed by atoms with van der Waals surface area (Å²) in [6, 6.07) is 7.31. The number of hydrogen-bond acceptors (Lipinski definition) is 5. The second-order valence-corrected chi connectivity index (χ2v) is 5.96. The molecule has 8 nitrogen and oxygen atoms in total. The predicted molar refractivity (Wildman–Crippen MR) is 101 cm³/mol. The Morgan fingerprint density at radius 2 is 2.04 bits per heavy atom. The number of carbonyl (C=O) groups is 1. The van der Waals surface area contributed by atoms with Crippen molar-refractivity contribution in [3.63, 3.8) is 0 Å². The van der Waals surface area contributed by atoms with Crippen LogP contribution in [0, 0.1) is 6.92 Å². The molecule has 3 aromatic rings. The maximum Gasteiger partial charge on any atom is 0.337 e. The third kappa shape index (κ3) is 3.21. The van der Waals surface area contributed by atoms with Gasteiger partial charge in [-0.1, -0.05) is 24.3 Å². The monoisotopic (exact) mass is 368 g/mol. The van der Waals surface area contributed by atoms with E-state index >= 15 is 0 Å². The average molecular weight is 368 g/mol. The highest BCUT2D eigenvalue weighted by Gasteiger charge is 2.20. The van der Waals surface area contributed by atoms with Gasteiger partial charge in [-0.05, 0) is 25.5 Å². The fourth-order valence-corrected chi connectivity index (χ4v) is 2.97. The van der Waals surface area contributed by atoms with Gasteiger partial charge in [0.1, 0.15) is 6.54 Å². The fraction of sp³-hybridized carbons (Fsp3) is 0.263. The van der Waals surface area contributed by atoms with Gasteiger partial charge in [0, 0.05) is 6.54 Å². The molecule has 27 heavy (non-hydrogen) atoms. The molecular weight excluding hydrogens is 348 g/mol. The van der Waals surface area contributed by atoms with E-state index in [0.29, 0.717) is 5.69 Å². The number of aryl methyl sites for hydroxylation is 1. The average Bonchev–Trinajstić information content (AvgIpc) is 3.04. The van der Waals surface area contributed by atoms with Crippen molar-refractivity contribution in [3.05, 3.63) is 69.6 Å². The third-order valence-electron chi connectivity index (χ3n) is 4.17. The molecule has 0 amide bonds. The molecule has 0 aliphatic rings. The van der Waals surface area contributed by atoms with Gasteiger partial charge in [-0.2, -0.15) is 0 Å². The van der Waals surface area contributed by atoms with Gasteiger partial charge in [-0.25, -0.2) is 14.3 Å². The fourth-order valence-electron chi connectivity index (χ4n) is 2.97. The smallest absolute Gasteiger partial charge is 0.337 e. The topological polar surface area (TPSA) is 88.1 Å². The number of carbonyl (C=O) groups excluding carboxylic acids is 1. The van der Waals surface area contributed by atoms with Gasteiger partial charge in [0.05, 0.1) is 18.6 Å². The van der Waals surface area contributed by atoms with Crippen molar-refractivity contribution >= 4 is 17.1 Å². The van der Waals surface area contributed by atoms with Crippen molar-refractivity contribution in [3.8, 4) is 5.69 Å². The van der Waals surface area contributed by atoms with Crippen molar-refractivity contribution in [1.82, 2.24) is 18.7 Å². The number of benzene rings is 1. The van der Waals surface area contributed by atoms with Crippen LogP contribution in [0.15, 0.2) is 52.8 Å². The minimum Gasteiger partial charge on any atom is -0.465 e. The van der Waals surface area contributed by atoms with Gasteiger partial charge in [0.25, 0.3) is 5.56 Å². The van der Waals surface area contributed by atoms with Crippen LogP contribution in [0.25, 0.3) is 16.9 Å². The molecule has 1 aromatic carbocycles. The lowest BCUT2D eigenvalue weighted by molar-refractivity contribution is -0.143. The first-order chi connectivity index (χ1) is 13.0. The van der Waals surface area contributed by atoms with E-state index in [9.17, 15) is 14.4 Å². The first kappa shape index (κ1) is 18.4. The number of para-hydroxylation sites is 1. The summed E-state index contributed by atoms with van der Waals surface area (Å²) in [6.07, 6.45) is 2.85. The molecule has 0 aliphatic heterocycles. The molecular formula is C19H20N4O4. The van der Waals surface area contributed by atoms with Crippen LogP contribution in [0.2, 0.25) is 0 Å². The second kappa shape index (κ2) is 7.45. The largest absolute Gasteiger partial charge is 0.465 e. The summed E-state index contributed by atoms with van der Waals surface area (Å²) >= 11 is 0. The lowest BCUT2D eigenvalue weighted by atomic mass is 10.2. The standard InChI is InChI=1S/C19H20N4O4/c1-4-10-22-18(25)16-17(20-12-21(16)11-15(24)27-5-2)23(19(22)26)14-9-7-6-8-13(14)3/h4,6-9,12H,1,5,10-11H2,2-3H3. The van der Waals surface area contributed by atoms with E-state index in [1.54, 1.807) is 19.1 Å². The Labute approximate surface area is 154 Å². The van der Waals surface area contributed by atoms with E-state index in [1.807, 2.05) is 19.1 Å². The molecule has 0 radical (unpaired) electrons. The molecule has 0 aliphatic carbocycles. The van der Waals surface area contributed by atoms with Crippen molar-refractivity contribution in [1.29, 1.82) is 0 Å². The minimum atomic E-state index is -0.526. The van der Waals surface area contributed by atoms with Crippen LogP contribution in [0.4, 0.5) is 0 Å². The number of hydrogen-bond donors (Lipinski definition) is 0. The Kier molecular flexibility index (Phi) is 5.07. The van der Waals surface area contributed by atoms with Crippen LogP contribution in [0.1, 0.15) is 12.5 Å². The molecule has 0 fully saturated rings. The Bertz CT molecular complexity index is 1140. The highest BCUT2D eigenvalue weighted by atomic mass is 16.5. The summed E-state index contributed by atoms with van der Waals surface area (Å²) in [7, 11) is 0.